The Bertz CT molecular complexity index is 361. The second-order valence-electron chi connectivity index (χ2n) is 5.31. The van der Waals surface area contributed by atoms with Crippen molar-refractivity contribution in [2.45, 2.75) is 65.2 Å². The first-order valence-corrected chi connectivity index (χ1v) is 7.27. The first kappa shape index (κ1) is 13.6. The molecule has 2 atom stereocenters. The highest BCUT2D eigenvalue weighted by atomic mass is 16.3. The normalized spacial score (nSPS) is 24.8. The van der Waals surface area contributed by atoms with Crippen molar-refractivity contribution in [2.24, 2.45) is 0 Å². The van der Waals surface area contributed by atoms with Gasteiger partial charge in [-0.2, -0.15) is 0 Å². The van der Waals surface area contributed by atoms with E-state index in [0.29, 0.717) is 6.04 Å². The molecule has 1 aromatic heterocycles. The van der Waals surface area contributed by atoms with Gasteiger partial charge in [0, 0.05) is 24.2 Å². The van der Waals surface area contributed by atoms with Gasteiger partial charge in [-0.15, -0.1) is 0 Å². The molecular weight excluding hydrogens is 224 g/mol. The minimum absolute atomic E-state index is 0.705. The maximum absolute atomic E-state index is 5.59. The molecule has 3 heteroatoms. The van der Waals surface area contributed by atoms with Gasteiger partial charge in [-0.05, 0) is 38.8 Å². The van der Waals surface area contributed by atoms with Crippen molar-refractivity contribution < 1.29 is 4.42 Å². The van der Waals surface area contributed by atoms with Gasteiger partial charge in [0.25, 0.3) is 0 Å². The molecule has 1 N–H and O–H groups in total. The van der Waals surface area contributed by atoms with Crippen molar-refractivity contribution in [3.8, 4) is 0 Å². The van der Waals surface area contributed by atoms with Gasteiger partial charge in [0.05, 0.1) is 12.8 Å². The number of nitrogens with one attached hydrogen (secondary N) is 1. The van der Waals surface area contributed by atoms with E-state index in [-0.39, 0.29) is 0 Å². The Morgan fingerprint density at radius 1 is 1.39 bits per heavy atom. The Balaban J connectivity index is 2.01. The molecular formula is C15H26N2O. The molecule has 102 valence electrons. The van der Waals surface area contributed by atoms with E-state index in [1.54, 1.807) is 0 Å². The third-order valence-corrected chi connectivity index (χ3v) is 4.15. The number of rotatable bonds is 6. The molecule has 1 fully saturated rings. The maximum atomic E-state index is 5.59. The number of furan rings is 1. The molecule has 2 unspecified atom stereocenters. The molecule has 0 aliphatic carbocycles. The predicted octanol–water partition coefficient (Wildman–Crippen LogP) is 3.15. The Labute approximate surface area is 111 Å². The lowest BCUT2D eigenvalue weighted by Crippen LogP contribution is -2.33. The number of hydrogen-bond acceptors (Lipinski definition) is 3. The fourth-order valence-corrected chi connectivity index (χ4v) is 2.95. The van der Waals surface area contributed by atoms with Crippen LogP contribution in [0.1, 0.15) is 51.4 Å². The van der Waals surface area contributed by atoms with Crippen molar-refractivity contribution in [3.05, 3.63) is 23.7 Å². The van der Waals surface area contributed by atoms with Crippen molar-refractivity contribution in [1.82, 2.24) is 10.2 Å². The van der Waals surface area contributed by atoms with Gasteiger partial charge in [0.2, 0.25) is 0 Å². The highest BCUT2D eigenvalue weighted by Crippen LogP contribution is 2.28. The molecule has 1 aromatic rings. The van der Waals surface area contributed by atoms with E-state index < -0.39 is 0 Å². The summed E-state index contributed by atoms with van der Waals surface area (Å²) in [6, 6.07) is 3.59. The van der Waals surface area contributed by atoms with Gasteiger partial charge in [0.1, 0.15) is 5.76 Å². The molecule has 3 nitrogen and oxygen atoms in total. The van der Waals surface area contributed by atoms with E-state index in [1.807, 2.05) is 6.26 Å². The summed E-state index contributed by atoms with van der Waals surface area (Å²) < 4.78 is 5.59. The lowest BCUT2D eigenvalue weighted by atomic mass is 10.1. The molecule has 0 bridgehead atoms. The van der Waals surface area contributed by atoms with Gasteiger partial charge in [-0.25, -0.2) is 0 Å². The van der Waals surface area contributed by atoms with E-state index in [1.165, 1.54) is 24.8 Å². The zero-order chi connectivity index (χ0) is 13.0. The Kier molecular flexibility index (Phi) is 4.84. The molecule has 1 saturated heterocycles. The number of nitrogens with zero attached hydrogens (tertiary/aromatic N) is 1. The molecule has 1 aliphatic heterocycles. The van der Waals surface area contributed by atoms with Crippen LogP contribution in [0.3, 0.4) is 0 Å². The summed E-state index contributed by atoms with van der Waals surface area (Å²) >= 11 is 0. The maximum Gasteiger partial charge on any atom is 0.122 e. The van der Waals surface area contributed by atoms with Crippen molar-refractivity contribution in [2.75, 3.05) is 6.54 Å². The lowest BCUT2D eigenvalue weighted by molar-refractivity contribution is 0.188. The van der Waals surface area contributed by atoms with Crippen LogP contribution in [-0.4, -0.2) is 23.5 Å². The van der Waals surface area contributed by atoms with Crippen LogP contribution in [0, 0.1) is 0 Å². The molecule has 18 heavy (non-hydrogen) atoms. The molecule has 2 heterocycles. The Morgan fingerprint density at radius 3 is 2.94 bits per heavy atom. The Morgan fingerprint density at radius 2 is 2.22 bits per heavy atom. The van der Waals surface area contributed by atoms with Gasteiger partial charge in [-0.1, -0.05) is 13.8 Å². The summed E-state index contributed by atoms with van der Waals surface area (Å²) in [4.78, 5) is 2.64. The van der Waals surface area contributed by atoms with E-state index in [2.05, 4.69) is 37.1 Å². The van der Waals surface area contributed by atoms with E-state index in [4.69, 9.17) is 4.42 Å². The van der Waals surface area contributed by atoms with Crippen LogP contribution in [0.4, 0.5) is 0 Å². The fraction of sp³-hybridized carbons (Fsp3) is 0.733. The average Bonchev–Trinajstić information content (AvgIpc) is 2.96. The fourth-order valence-electron chi connectivity index (χ4n) is 2.95. The van der Waals surface area contributed by atoms with Crippen LogP contribution in [0.5, 0.6) is 0 Å². The minimum atomic E-state index is 0.705. The molecule has 1 aliphatic rings. The third-order valence-electron chi connectivity index (χ3n) is 4.15. The second-order valence-corrected chi connectivity index (χ2v) is 5.31. The topological polar surface area (TPSA) is 28.4 Å². The summed E-state index contributed by atoms with van der Waals surface area (Å²) in [7, 11) is 0. The quantitative estimate of drug-likeness (QED) is 0.840. The first-order valence-electron chi connectivity index (χ1n) is 7.27. The summed E-state index contributed by atoms with van der Waals surface area (Å²) in [6.45, 7) is 9.63. The van der Waals surface area contributed by atoms with Gasteiger partial charge in [-0.3, -0.25) is 4.90 Å². The molecule has 0 amide bonds. The molecule has 2 rings (SSSR count). The zero-order valence-electron chi connectivity index (χ0n) is 11.9. The molecule has 0 saturated carbocycles. The van der Waals surface area contributed by atoms with Crippen molar-refractivity contribution in [3.63, 3.8) is 0 Å². The summed E-state index contributed by atoms with van der Waals surface area (Å²) in [6.07, 6.45) is 5.76. The van der Waals surface area contributed by atoms with Crippen LogP contribution in [-0.2, 0) is 13.1 Å². The predicted molar refractivity (Wildman–Crippen MR) is 74.4 cm³/mol. The number of hydrogen-bond donors (Lipinski definition) is 1. The summed E-state index contributed by atoms with van der Waals surface area (Å²) in [5.74, 6) is 1.10. The van der Waals surface area contributed by atoms with Gasteiger partial charge < -0.3 is 9.73 Å². The standard InChI is InChI=1S/C15H26N2O/c1-4-14-7-6-12(3)17(14)11-13-8-9-18-15(13)10-16-5-2/h8-9,12,14,16H,4-7,10-11H2,1-3H3. The van der Waals surface area contributed by atoms with E-state index in [9.17, 15) is 0 Å². The smallest absolute Gasteiger partial charge is 0.122 e. The molecule has 0 aromatic carbocycles. The second kappa shape index (κ2) is 6.39. The summed E-state index contributed by atoms with van der Waals surface area (Å²) in [5, 5.41) is 3.34. The Hall–Kier alpha value is -0.800. The van der Waals surface area contributed by atoms with Crippen molar-refractivity contribution >= 4 is 0 Å². The zero-order valence-corrected chi connectivity index (χ0v) is 11.9. The summed E-state index contributed by atoms with van der Waals surface area (Å²) in [5.41, 5.74) is 1.35. The largest absolute Gasteiger partial charge is 0.468 e. The highest BCUT2D eigenvalue weighted by molar-refractivity contribution is 5.17. The minimum Gasteiger partial charge on any atom is -0.468 e. The van der Waals surface area contributed by atoms with Gasteiger partial charge in [0.15, 0.2) is 0 Å². The molecule has 0 spiro atoms. The monoisotopic (exact) mass is 250 g/mol. The third kappa shape index (κ3) is 2.96. The van der Waals surface area contributed by atoms with Crippen LogP contribution in [0.2, 0.25) is 0 Å². The van der Waals surface area contributed by atoms with Crippen LogP contribution >= 0.6 is 0 Å². The van der Waals surface area contributed by atoms with Gasteiger partial charge >= 0.3 is 0 Å². The highest BCUT2D eigenvalue weighted by Gasteiger charge is 2.29. The van der Waals surface area contributed by atoms with Crippen molar-refractivity contribution in [1.29, 1.82) is 0 Å². The van der Waals surface area contributed by atoms with Crippen LogP contribution in [0.25, 0.3) is 0 Å². The average molecular weight is 250 g/mol. The van der Waals surface area contributed by atoms with Crippen LogP contribution < -0.4 is 5.32 Å². The number of likely N-dealkylation sites (tertiary alicyclic amines) is 1. The van der Waals surface area contributed by atoms with Crippen LogP contribution in [0.15, 0.2) is 16.7 Å². The lowest BCUT2D eigenvalue weighted by Gasteiger charge is -2.27. The van der Waals surface area contributed by atoms with E-state index >= 15 is 0 Å². The SMILES string of the molecule is CCNCc1occc1CN1C(C)CCC1CC. The first-order chi connectivity index (χ1) is 8.76. The van der Waals surface area contributed by atoms with E-state index in [0.717, 1.165) is 31.4 Å². The molecule has 0 radical (unpaired) electrons.